The summed E-state index contributed by atoms with van der Waals surface area (Å²) in [5.41, 5.74) is 0. The molecule has 1 fully saturated rings. The Kier molecular flexibility index (Phi) is 6.26. The van der Waals surface area contributed by atoms with Crippen molar-refractivity contribution in [3.63, 3.8) is 0 Å². The highest BCUT2D eigenvalue weighted by Gasteiger charge is 2.33. The smallest absolute Gasteiger partial charge is 0.245 e. The summed E-state index contributed by atoms with van der Waals surface area (Å²) >= 11 is 7.45. The minimum absolute atomic E-state index is 0.0223. The standard InChI is InChI=1S/C16H23ClN2O2S/c1-3-19(10-13-8-9-14(17)22-13)16(21)15(18-11(2)20)12-6-4-5-7-12/h8-9,12,15H,3-7,10H2,1-2H3,(H,18,20). The minimum Gasteiger partial charge on any atom is -0.344 e. The van der Waals surface area contributed by atoms with Gasteiger partial charge in [-0.3, -0.25) is 9.59 Å². The van der Waals surface area contributed by atoms with Gasteiger partial charge in [0.05, 0.1) is 10.9 Å². The van der Waals surface area contributed by atoms with E-state index in [9.17, 15) is 9.59 Å². The maximum absolute atomic E-state index is 12.9. The first-order valence-corrected chi connectivity index (χ1v) is 9.00. The van der Waals surface area contributed by atoms with Gasteiger partial charge in [0.1, 0.15) is 6.04 Å². The predicted molar refractivity (Wildman–Crippen MR) is 90.0 cm³/mol. The van der Waals surface area contributed by atoms with Crippen molar-refractivity contribution in [2.24, 2.45) is 5.92 Å². The number of carbonyl (C=O) groups is 2. The molecule has 0 radical (unpaired) electrons. The fourth-order valence-corrected chi connectivity index (χ4v) is 4.16. The first kappa shape index (κ1) is 17.3. The minimum atomic E-state index is -0.393. The lowest BCUT2D eigenvalue weighted by molar-refractivity contribution is -0.138. The van der Waals surface area contributed by atoms with Gasteiger partial charge in [0.15, 0.2) is 0 Å². The number of amides is 2. The second-order valence-corrected chi connectivity index (χ2v) is 7.58. The van der Waals surface area contributed by atoms with Crippen molar-refractivity contribution in [3.05, 3.63) is 21.3 Å². The molecule has 122 valence electrons. The summed E-state index contributed by atoms with van der Waals surface area (Å²) < 4.78 is 0.729. The summed E-state index contributed by atoms with van der Waals surface area (Å²) in [5, 5.41) is 2.87. The summed E-state index contributed by atoms with van der Waals surface area (Å²) in [6.07, 6.45) is 4.31. The van der Waals surface area contributed by atoms with Gasteiger partial charge < -0.3 is 10.2 Å². The van der Waals surface area contributed by atoms with Crippen LogP contribution in [0.2, 0.25) is 4.34 Å². The SMILES string of the molecule is CCN(Cc1ccc(Cl)s1)C(=O)C(NC(C)=O)C1CCCC1. The molecular formula is C16H23ClN2O2S. The Balaban J connectivity index is 2.09. The molecule has 1 saturated carbocycles. The van der Waals surface area contributed by atoms with Crippen molar-refractivity contribution in [3.8, 4) is 0 Å². The van der Waals surface area contributed by atoms with Crippen LogP contribution in [0.5, 0.6) is 0 Å². The number of rotatable bonds is 6. The van der Waals surface area contributed by atoms with Gasteiger partial charge in [-0.25, -0.2) is 0 Å². The van der Waals surface area contributed by atoms with Crippen molar-refractivity contribution < 1.29 is 9.59 Å². The van der Waals surface area contributed by atoms with Gasteiger partial charge in [-0.1, -0.05) is 24.4 Å². The fraction of sp³-hybridized carbons (Fsp3) is 0.625. The summed E-state index contributed by atoms with van der Waals surface area (Å²) in [7, 11) is 0. The lowest BCUT2D eigenvalue weighted by Crippen LogP contribution is -2.51. The number of halogens is 1. The summed E-state index contributed by atoms with van der Waals surface area (Å²) in [6, 6.07) is 3.41. The molecular weight excluding hydrogens is 320 g/mol. The fourth-order valence-electron chi connectivity index (χ4n) is 3.06. The summed E-state index contributed by atoms with van der Waals surface area (Å²) in [6.45, 7) is 4.61. The molecule has 1 N–H and O–H groups in total. The Morgan fingerprint density at radius 1 is 1.41 bits per heavy atom. The molecule has 0 aromatic carbocycles. The molecule has 1 aromatic rings. The topological polar surface area (TPSA) is 49.4 Å². The molecule has 0 aliphatic heterocycles. The maximum atomic E-state index is 12.9. The monoisotopic (exact) mass is 342 g/mol. The molecule has 1 aliphatic rings. The average molecular weight is 343 g/mol. The molecule has 22 heavy (non-hydrogen) atoms. The van der Waals surface area contributed by atoms with Gasteiger partial charge in [0.2, 0.25) is 11.8 Å². The Bertz CT molecular complexity index is 526. The van der Waals surface area contributed by atoms with Crippen LogP contribution in [-0.2, 0) is 16.1 Å². The predicted octanol–water partition coefficient (Wildman–Crippen LogP) is 3.44. The highest BCUT2D eigenvalue weighted by Crippen LogP contribution is 2.29. The van der Waals surface area contributed by atoms with E-state index in [0.29, 0.717) is 13.1 Å². The number of nitrogens with one attached hydrogen (secondary N) is 1. The van der Waals surface area contributed by atoms with E-state index in [1.54, 1.807) is 4.90 Å². The van der Waals surface area contributed by atoms with E-state index in [0.717, 1.165) is 34.9 Å². The lowest BCUT2D eigenvalue weighted by Gasteiger charge is -2.29. The Morgan fingerprint density at radius 3 is 2.59 bits per heavy atom. The van der Waals surface area contributed by atoms with Gasteiger partial charge in [-0.2, -0.15) is 0 Å². The van der Waals surface area contributed by atoms with Gasteiger partial charge in [0, 0.05) is 18.3 Å². The second kappa shape index (κ2) is 7.97. The van der Waals surface area contributed by atoms with Crippen molar-refractivity contribution in [2.45, 2.75) is 52.1 Å². The van der Waals surface area contributed by atoms with Gasteiger partial charge in [0.25, 0.3) is 0 Å². The van der Waals surface area contributed by atoms with E-state index in [2.05, 4.69) is 5.32 Å². The molecule has 2 rings (SSSR count). The number of likely N-dealkylation sites (N-methyl/N-ethyl adjacent to an activating group) is 1. The number of carbonyl (C=O) groups excluding carboxylic acids is 2. The van der Waals surface area contributed by atoms with Crippen LogP contribution < -0.4 is 5.32 Å². The van der Waals surface area contributed by atoms with Crippen LogP contribution in [0.3, 0.4) is 0 Å². The van der Waals surface area contributed by atoms with Crippen LogP contribution in [-0.4, -0.2) is 29.3 Å². The molecule has 1 aliphatic carbocycles. The molecule has 0 saturated heterocycles. The van der Waals surface area contributed by atoms with E-state index in [1.807, 2.05) is 19.1 Å². The third kappa shape index (κ3) is 4.46. The molecule has 6 heteroatoms. The zero-order valence-electron chi connectivity index (χ0n) is 13.1. The Morgan fingerprint density at radius 2 is 2.09 bits per heavy atom. The van der Waals surface area contributed by atoms with E-state index in [1.165, 1.54) is 18.3 Å². The number of hydrogen-bond acceptors (Lipinski definition) is 3. The molecule has 1 unspecified atom stereocenters. The Labute approximate surface area is 140 Å². The molecule has 0 spiro atoms. The van der Waals surface area contributed by atoms with Gasteiger partial charge in [-0.15, -0.1) is 11.3 Å². The zero-order chi connectivity index (χ0) is 16.1. The van der Waals surface area contributed by atoms with Crippen LogP contribution in [0, 0.1) is 5.92 Å². The molecule has 2 amide bonds. The first-order chi connectivity index (χ1) is 10.5. The van der Waals surface area contributed by atoms with Crippen LogP contribution in [0.15, 0.2) is 12.1 Å². The van der Waals surface area contributed by atoms with Gasteiger partial charge in [-0.05, 0) is 37.8 Å². The molecule has 0 bridgehead atoms. The molecule has 1 heterocycles. The zero-order valence-corrected chi connectivity index (χ0v) is 14.7. The van der Waals surface area contributed by atoms with Crippen molar-refractivity contribution in [1.29, 1.82) is 0 Å². The molecule has 1 atom stereocenters. The first-order valence-electron chi connectivity index (χ1n) is 7.81. The van der Waals surface area contributed by atoms with Gasteiger partial charge >= 0.3 is 0 Å². The maximum Gasteiger partial charge on any atom is 0.245 e. The molecule has 1 aromatic heterocycles. The van der Waals surface area contributed by atoms with Crippen molar-refractivity contribution in [1.82, 2.24) is 10.2 Å². The summed E-state index contributed by atoms with van der Waals surface area (Å²) in [4.78, 5) is 27.3. The number of thiophene rings is 1. The quantitative estimate of drug-likeness (QED) is 0.860. The Hall–Kier alpha value is -1.07. The van der Waals surface area contributed by atoms with Crippen LogP contribution in [0.25, 0.3) is 0 Å². The van der Waals surface area contributed by atoms with E-state index >= 15 is 0 Å². The highest BCUT2D eigenvalue weighted by atomic mass is 35.5. The van der Waals surface area contributed by atoms with Crippen LogP contribution in [0.1, 0.15) is 44.4 Å². The third-order valence-corrected chi connectivity index (χ3v) is 5.38. The third-order valence-electron chi connectivity index (χ3n) is 4.17. The second-order valence-electron chi connectivity index (χ2n) is 5.78. The average Bonchev–Trinajstić information content (AvgIpc) is 3.13. The number of hydrogen-bond donors (Lipinski definition) is 1. The normalized spacial score (nSPS) is 16.5. The summed E-state index contributed by atoms with van der Waals surface area (Å²) in [5.74, 6) is 0.145. The van der Waals surface area contributed by atoms with Crippen molar-refractivity contribution in [2.75, 3.05) is 6.54 Å². The van der Waals surface area contributed by atoms with E-state index < -0.39 is 6.04 Å². The number of nitrogens with zero attached hydrogens (tertiary/aromatic N) is 1. The molecule has 4 nitrogen and oxygen atoms in total. The van der Waals surface area contributed by atoms with E-state index in [4.69, 9.17) is 11.6 Å². The van der Waals surface area contributed by atoms with Crippen molar-refractivity contribution >= 4 is 34.8 Å². The van der Waals surface area contributed by atoms with E-state index in [-0.39, 0.29) is 17.7 Å². The lowest BCUT2D eigenvalue weighted by atomic mass is 9.96. The van der Waals surface area contributed by atoms with Crippen LogP contribution >= 0.6 is 22.9 Å². The largest absolute Gasteiger partial charge is 0.344 e. The highest BCUT2D eigenvalue weighted by molar-refractivity contribution is 7.16. The van der Waals surface area contributed by atoms with Crippen LogP contribution in [0.4, 0.5) is 0 Å².